The number of benzene rings is 1. The minimum absolute atomic E-state index is 0.0782. The van der Waals surface area contributed by atoms with Crippen molar-refractivity contribution < 1.29 is 19.7 Å². The number of nitrogens with one attached hydrogen (secondary N) is 1. The Hall–Kier alpha value is -2.64. The standard InChI is InChI=1S/C22H24N2O5/c1-24-6-5-21-11-17-13(7-15(20(26)27)19(25)23-17)10-22(21,28)18(24)8-12-3-4-14(29-2)9-16(12)21/h3-4,7,9,18,28H,5-6,8,10-11H2,1-2H3,(H,23,25)(H,26,27)/t18-,21-,22-/m1/s1. The number of pyridine rings is 1. The lowest BCUT2D eigenvalue weighted by atomic mass is 9.49. The number of piperidine rings is 1. The first-order valence-corrected chi connectivity index (χ1v) is 9.87. The molecule has 1 aromatic carbocycles. The first-order valence-electron chi connectivity index (χ1n) is 9.87. The van der Waals surface area contributed by atoms with Crippen molar-refractivity contribution in [2.24, 2.45) is 0 Å². The highest BCUT2D eigenvalue weighted by molar-refractivity contribution is 5.87. The number of nitrogens with zero attached hydrogens (tertiary/aromatic N) is 1. The third kappa shape index (κ3) is 2.31. The van der Waals surface area contributed by atoms with Crippen molar-refractivity contribution >= 4 is 5.97 Å². The molecule has 3 N–H and O–H groups in total. The van der Waals surface area contributed by atoms with Crippen molar-refractivity contribution in [3.05, 3.63) is 62.6 Å². The summed E-state index contributed by atoms with van der Waals surface area (Å²) in [5, 5.41) is 21.5. The van der Waals surface area contributed by atoms with E-state index in [0.717, 1.165) is 36.4 Å². The number of rotatable bonds is 2. The molecule has 1 saturated heterocycles. The van der Waals surface area contributed by atoms with E-state index in [1.807, 2.05) is 19.2 Å². The van der Waals surface area contributed by atoms with Gasteiger partial charge in [0.2, 0.25) is 0 Å². The number of likely N-dealkylation sites (tertiary alicyclic amines) is 1. The topological polar surface area (TPSA) is 103 Å². The van der Waals surface area contributed by atoms with Crippen molar-refractivity contribution in [1.29, 1.82) is 0 Å². The fraction of sp³-hybridized carbons (Fsp3) is 0.455. The molecule has 29 heavy (non-hydrogen) atoms. The molecule has 0 radical (unpaired) electrons. The van der Waals surface area contributed by atoms with Crippen molar-refractivity contribution in [2.45, 2.75) is 42.7 Å². The second-order valence-electron chi connectivity index (χ2n) is 8.65. The minimum atomic E-state index is -1.25. The number of aromatic nitrogens is 1. The SMILES string of the molecule is COc1ccc2c(c1)[C@]13CCN(C)[C@H](C2)[C@]1(O)Cc1cc(C(=O)O)c(=O)[nH]c1C3. The summed E-state index contributed by atoms with van der Waals surface area (Å²) >= 11 is 0. The number of hydrogen-bond donors (Lipinski definition) is 3. The van der Waals surface area contributed by atoms with E-state index in [9.17, 15) is 19.8 Å². The van der Waals surface area contributed by atoms with E-state index in [0.29, 0.717) is 18.4 Å². The zero-order chi connectivity index (χ0) is 20.6. The van der Waals surface area contributed by atoms with Crippen LogP contribution in [0.15, 0.2) is 29.1 Å². The second kappa shape index (κ2) is 5.93. The number of methoxy groups -OCH3 is 1. The van der Waals surface area contributed by atoms with E-state index >= 15 is 0 Å². The van der Waals surface area contributed by atoms with Crippen LogP contribution in [0.25, 0.3) is 0 Å². The summed E-state index contributed by atoms with van der Waals surface area (Å²) in [4.78, 5) is 28.8. The molecular formula is C22H24N2O5. The first-order chi connectivity index (χ1) is 13.8. The number of aromatic amines is 1. The maximum Gasteiger partial charge on any atom is 0.341 e. The zero-order valence-corrected chi connectivity index (χ0v) is 16.5. The van der Waals surface area contributed by atoms with Gasteiger partial charge in [0.25, 0.3) is 5.56 Å². The number of ether oxygens (including phenoxy) is 1. The van der Waals surface area contributed by atoms with Crippen LogP contribution in [0, 0.1) is 0 Å². The number of carboxylic acids is 1. The summed E-state index contributed by atoms with van der Waals surface area (Å²) in [5.74, 6) is -0.504. The minimum Gasteiger partial charge on any atom is -0.497 e. The number of hydrogen-bond acceptors (Lipinski definition) is 5. The predicted molar refractivity (Wildman–Crippen MR) is 106 cm³/mol. The molecule has 2 heterocycles. The molecule has 2 aromatic rings. The van der Waals surface area contributed by atoms with Gasteiger partial charge in [-0.2, -0.15) is 0 Å². The molecule has 7 nitrogen and oxygen atoms in total. The largest absolute Gasteiger partial charge is 0.497 e. The van der Waals surface area contributed by atoms with Crippen LogP contribution >= 0.6 is 0 Å². The van der Waals surface area contributed by atoms with Crippen molar-refractivity contribution in [1.82, 2.24) is 9.88 Å². The predicted octanol–water partition coefficient (Wildman–Crippen LogP) is 1.11. The molecule has 2 bridgehead atoms. The average molecular weight is 396 g/mol. The van der Waals surface area contributed by atoms with Gasteiger partial charge in [0.05, 0.1) is 12.7 Å². The smallest absolute Gasteiger partial charge is 0.341 e. The molecule has 1 aromatic heterocycles. The van der Waals surface area contributed by atoms with Gasteiger partial charge in [-0.15, -0.1) is 0 Å². The lowest BCUT2D eigenvalue weighted by Crippen LogP contribution is -2.73. The fourth-order valence-electron chi connectivity index (χ4n) is 5.93. The first kappa shape index (κ1) is 18.4. The van der Waals surface area contributed by atoms with Gasteiger partial charge in [0.15, 0.2) is 0 Å². The van der Waals surface area contributed by atoms with E-state index in [1.54, 1.807) is 7.11 Å². The lowest BCUT2D eigenvalue weighted by molar-refractivity contribution is -0.145. The Balaban J connectivity index is 1.76. The zero-order valence-electron chi connectivity index (χ0n) is 16.5. The van der Waals surface area contributed by atoms with Gasteiger partial charge in [-0.25, -0.2) is 4.79 Å². The van der Waals surface area contributed by atoms with Crippen LogP contribution in [0.1, 0.15) is 39.2 Å². The molecule has 3 aliphatic rings. The molecule has 2 aliphatic carbocycles. The third-order valence-electron chi connectivity index (χ3n) is 7.43. The van der Waals surface area contributed by atoms with Crippen LogP contribution in [0.2, 0.25) is 0 Å². The summed E-state index contributed by atoms with van der Waals surface area (Å²) in [5.41, 5.74) is 1.24. The van der Waals surface area contributed by atoms with Gasteiger partial charge < -0.3 is 24.8 Å². The highest BCUT2D eigenvalue weighted by Crippen LogP contribution is 2.56. The molecule has 0 amide bonds. The molecule has 152 valence electrons. The third-order valence-corrected chi connectivity index (χ3v) is 7.43. The molecule has 1 aliphatic heterocycles. The van der Waals surface area contributed by atoms with E-state index < -0.39 is 22.5 Å². The Kier molecular flexibility index (Phi) is 3.76. The summed E-state index contributed by atoms with van der Waals surface area (Å²) < 4.78 is 5.46. The molecule has 0 saturated carbocycles. The number of aromatic carboxylic acids is 1. The fourth-order valence-corrected chi connectivity index (χ4v) is 5.93. The Morgan fingerprint density at radius 3 is 2.79 bits per heavy atom. The van der Waals surface area contributed by atoms with Gasteiger partial charge in [-0.3, -0.25) is 4.79 Å². The van der Waals surface area contributed by atoms with Gasteiger partial charge in [0, 0.05) is 30.0 Å². The van der Waals surface area contributed by atoms with E-state index in [1.165, 1.54) is 11.6 Å². The number of carboxylic acid groups (broad SMARTS) is 1. The van der Waals surface area contributed by atoms with Crippen molar-refractivity contribution in [2.75, 3.05) is 20.7 Å². The molecule has 0 spiro atoms. The Morgan fingerprint density at radius 1 is 1.28 bits per heavy atom. The average Bonchev–Trinajstić information content (AvgIpc) is 2.68. The number of fused-ring (bicyclic) bond motifs is 2. The number of aliphatic hydroxyl groups is 1. The van der Waals surface area contributed by atoms with Gasteiger partial charge in [-0.1, -0.05) is 6.07 Å². The maximum atomic E-state index is 12.3. The molecule has 3 atom stereocenters. The molecule has 1 fully saturated rings. The van der Waals surface area contributed by atoms with Crippen molar-refractivity contribution in [3.63, 3.8) is 0 Å². The molecule has 7 heteroatoms. The molecule has 5 rings (SSSR count). The number of H-pyrrole nitrogens is 1. The van der Waals surface area contributed by atoms with Crippen molar-refractivity contribution in [3.8, 4) is 5.75 Å². The van der Waals surface area contributed by atoms with Crippen LogP contribution in [0.3, 0.4) is 0 Å². The Bertz CT molecular complexity index is 1090. The van der Waals surface area contributed by atoms with Crippen LogP contribution < -0.4 is 10.3 Å². The van der Waals surface area contributed by atoms with Gasteiger partial charge in [-0.05, 0) is 61.3 Å². The van der Waals surface area contributed by atoms with E-state index in [2.05, 4.69) is 16.0 Å². The van der Waals surface area contributed by atoms with Crippen LogP contribution in [0.5, 0.6) is 5.75 Å². The highest BCUT2D eigenvalue weighted by Gasteiger charge is 2.64. The maximum absolute atomic E-state index is 12.3. The van der Waals surface area contributed by atoms with Crippen LogP contribution in [-0.4, -0.2) is 58.4 Å². The summed E-state index contributed by atoms with van der Waals surface area (Å²) in [6.07, 6.45) is 2.25. The Morgan fingerprint density at radius 2 is 2.07 bits per heavy atom. The monoisotopic (exact) mass is 396 g/mol. The van der Waals surface area contributed by atoms with E-state index in [-0.39, 0.29) is 11.6 Å². The Labute approximate surface area is 167 Å². The lowest BCUT2D eigenvalue weighted by Gasteiger charge is -2.63. The second-order valence-corrected chi connectivity index (χ2v) is 8.65. The number of carbonyl (C=O) groups is 1. The van der Waals surface area contributed by atoms with Gasteiger partial charge >= 0.3 is 5.97 Å². The summed E-state index contributed by atoms with van der Waals surface area (Å²) in [6, 6.07) is 7.42. The van der Waals surface area contributed by atoms with Gasteiger partial charge in [0.1, 0.15) is 11.3 Å². The normalized spacial score (nSPS) is 30.1. The van der Waals surface area contributed by atoms with Crippen LogP contribution in [-0.2, 0) is 24.7 Å². The quantitative estimate of drug-likeness (QED) is 0.703. The molecule has 0 unspecified atom stereocenters. The van der Waals surface area contributed by atoms with E-state index in [4.69, 9.17) is 4.74 Å². The van der Waals surface area contributed by atoms with Crippen LogP contribution in [0.4, 0.5) is 0 Å². The molecular weight excluding hydrogens is 372 g/mol. The summed E-state index contributed by atoms with van der Waals surface area (Å²) in [6.45, 7) is 0.844. The number of likely N-dealkylation sites (N-methyl/N-ethyl adjacent to an activating group) is 1. The summed E-state index contributed by atoms with van der Waals surface area (Å²) in [7, 11) is 3.67. The highest BCUT2D eigenvalue weighted by atomic mass is 16.5.